The molecule has 19 heavy (non-hydrogen) atoms. The van der Waals surface area contributed by atoms with Crippen molar-refractivity contribution in [2.24, 2.45) is 0 Å². The summed E-state index contributed by atoms with van der Waals surface area (Å²) in [4.78, 5) is 4.56. The molecule has 4 heteroatoms. The first-order valence-corrected chi connectivity index (χ1v) is 6.64. The first kappa shape index (κ1) is 12.4. The average molecular weight is 257 g/mol. The van der Waals surface area contributed by atoms with E-state index >= 15 is 0 Å². The first-order chi connectivity index (χ1) is 9.28. The molecule has 0 radical (unpaired) electrons. The maximum absolute atomic E-state index is 5.50. The van der Waals surface area contributed by atoms with E-state index in [1.54, 1.807) is 7.11 Å². The third kappa shape index (κ3) is 2.41. The van der Waals surface area contributed by atoms with E-state index in [4.69, 9.17) is 4.74 Å². The Hall–Kier alpha value is -1.65. The maximum atomic E-state index is 5.50. The molecule has 2 N–H and O–H groups in total. The zero-order chi connectivity index (χ0) is 13.2. The third-order valence-electron chi connectivity index (χ3n) is 3.65. The Labute approximate surface area is 113 Å². The number of nitrogens with one attached hydrogen (secondary N) is 2. The van der Waals surface area contributed by atoms with Gasteiger partial charge in [0.2, 0.25) is 0 Å². The highest BCUT2D eigenvalue weighted by molar-refractivity contribution is 5.91. The Bertz CT molecular complexity index is 585. The number of para-hydroxylation sites is 1. The number of rotatable bonds is 3. The number of ether oxygens (including phenoxy) is 1. The fourth-order valence-corrected chi connectivity index (χ4v) is 2.67. The molecule has 4 nitrogen and oxygen atoms in total. The summed E-state index contributed by atoms with van der Waals surface area (Å²) < 4.78 is 5.50. The van der Waals surface area contributed by atoms with E-state index in [9.17, 15) is 0 Å². The monoisotopic (exact) mass is 257 g/mol. The Morgan fingerprint density at radius 3 is 3.00 bits per heavy atom. The lowest BCUT2D eigenvalue weighted by atomic mass is 10.1. The molecule has 1 unspecified atom stereocenters. The molecule has 2 aromatic rings. The second-order valence-corrected chi connectivity index (χ2v) is 5.01. The van der Waals surface area contributed by atoms with Gasteiger partial charge in [-0.05, 0) is 19.1 Å². The van der Waals surface area contributed by atoms with Gasteiger partial charge in [0.05, 0.1) is 17.7 Å². The van der Waals surface area contributed by atoms with Gasteiger partial charge in [0.15, 0.2) is 0 Å². The van der Waals surface area contributed by atoms with Crippen molar-refractivity contribution in [3.8, 4) is 0 Å². The molecule has 100 valence electrons. The quantitative estimate of drug-likeness (QED) is 0.882. The van der Waals surface area contributed by atoms with Gasteiger partial charge in [-0.1, -0.05) is 18.2 Å². The molecule has 1 saturated heterocycles. The van der Waals surface area contributed by atoms with Crippen molar-refractivity contribution in [2.75, 3.05) is 25.5 Å². The zero-order valence-corrected chi connectivity index (χ0v) is 11.3. The topological polar surface area (TPSA) is 46.2 Å². The maximum Gasteiger partial charge on any atom is 0.0908 e. The number of aromatic nitrogens is 1. The smallest absolute Gasteiger partial charge is 0.0908 e. The van der Waals surface area contributed by atoms with Crippen LogP contribution in [0.25, 0.3) is 10.9 Å². The highest BCUT2D eigenvalue weighted by Crippen LogP contribution is 2.24. The van der Waals surface area contributed by atoms with E-state index in [-0.39, 0.29) is 6.10 Å². The number of pyridine rings is 1. The fraction of sp³-hybridized carbons (Fsp3) is 0.400. The van der Waals surface area contributed by atoms with Crippen LogP contribution in [0, 0.1) is 6.92 Å². The van der Waals surface area contributed by atoms with Crippen molar-refractivity contribution >= 4 is 16.6 Å². The molecule has 1 aliphatic heterocycles. The van der Waals surface area contributed by atoms with E-state index in [2.05, 4.69) is 27.8 Å². The van der Waals surface area contributed by atoms with Crippen LogP contribution in [0.4, 0.5) is 5.69 Å². The molecule has 1 aromatic carbocycles. The van der Waals surface area contributed by atoms with Crippen LogP contribution >= 0.6 is 0 Å². The Kier molecular flexibility index (Phi) is 3.36. The van der Waals surface area contributed by atoms with E-state index in [0.29, 0.717) is 6.04 Å². The molecule has 3 rings (SSSR count). The number of anilines is 1. The third-order valence-corrected chi connectivity index (χ3v) is 3.65. The van der Waals surface area contributed by atoms with E-state index in [1.165, 1.54) is 0 Å². The summed E-state index contributed by atoms with van der Waals surface area (Å²) in [5.74, 6) is 0. The molecule has 1 aliphatic rings. The summed E-state index contributed by atoms with van der Waals surface area (Å²) >= 11 is 0. The summed E-state index contributed by atoms with van der Waals surface area (Å²) in [6.07, 6.45) is 0.215. The lowest BCUT2D eigenvalue weighted by Crippen LogP contribution is -2.33. The van der Waals surface area contributed by atoms with Crippen LogP contribution in [0.15, 0.2) is 30.3 Å². The molecule has 2 heterocycles. The molecule has 1 aromatic heterocycles. The van der Waals surface area contributed by atoms with Gasteiger partial charge in [-0.15, -0.1) is 0 Å². The number of hydrogen-bond acceptors (Lipinski definition) is 4. The minimum atomic E-state index is 0.215. The number of aryl methyl sites for hydroxylation is 1. The van der Waals surface area contributed by atoms with Gasteiger partial charge in [0.25, 0.3) is 0 Å². The minimum absolute atomic E-state index is 0.215. The van der Waals surface area contributed by atoms with Gasteiger partial charge in [-0.2, -0.15) is 0 Å². The number of nitrogens with zero attached hydrogens (tertiary/aromatic N) is 1. The standard InChI is InChI=1S/C15H19N3O/c1-10-7-13(11-5-3-4-6-12(11)17-10)18-14-8-16-9-15(14)19-2/h3-7,14-16H,8-9H2,1-2H3,(H,17,18)/t14?,15-/m0/s1. The first-order valence-electron chi connectivity index (χ1n) is 6.64. The van der Waals surface area contributed by atoms with E-state index in [1.807, 2.05) is 25.1 Å². The summed E-state index contributed by atoms with van der Waals surface area (Å²) in [5, 5.41) is 8.11. The van der Waals surface area contributed by atoms with Gasteiger partial charge in [-0.25, -0.2) is 0 Å². The molecule has 2 atom stereocenters. The number of benzene rings is 1. The highest BCUT2D eigenvalue weighted by atomic mass is 16.5. The second-order valence-electron chi connectivity index (χ2n) is 5.01. The normalized spacial score (nSPS) is 22.8. The summed E-state index contributed by atoms with van der Waals surface area (Å²) in [5.41, 5.74) is 3.20. The van der Waals surface area contributed by atoms with Crippen LogP contribution in [0.3, 0.4) is 0 Å². The van der Waals surface area contributed by atoms with Gasteiger partial charge in [0.1, 0.15) is 0 Å². The van der Waals surface area contributed by atoms with Crippen LogP contribution in [-0.2, 0) is 4.74 Å². The largest absolute Gasteiger partial charge is 0.378 e. The summed E-state index contributed by atoms with van der Waals surface area (Å²) in [6, 6.07) is 10.6. The van der Waals surface area contributed by atoms with Crippen LogP contribution in [0.1, 0.15) is 5.69 Å². The minimum Gasteiger partial charge on any atom is -0.378 e. The van der Waals surface area contributed by atoms with Crippen LogP contribution in [0.5, 0.6) is 0 Å². The van der Waals surface area contributed by atoms with E-state index < -0.39 is 0 Å². The highest BCUT2D eigenvalue weighted by Gasteiger charge is 2.27. The molecule has 0 amide bonds. The van der Waals surface area contributed by atoms with Crippen molar-refractivity contribution in [2.45, 2.75) is 19.1 Å². The van der Waals surface area contributed by atoms with Crippen molar-refractivity contribution in [1.82, 2.24) is 10.3 Å². The lowest BCUT2D eigenvalue weighted by molar-refractivity contribution is 0.112. The fourth-order valence-electron chi connectivity index (χ4n) is 2.67. The van der Waals surface area contributed by atoms with Crippen LogP contribution < -0.4 is 10.6 Å². The molecule has 0 aliphatic carbocycles. The molecular formula is C15H19N3O. The van der Waals surface area contributed by atoms with Gasteiger partial charge < -0.3 is 15.4 Å². The predicted octanol–water partition coefficient (Wildman–Crippen LogP) is 1.94. The molecule has 1 fully saturated rings. The Balaban J connectivity index is 1.96. The zero-order valence-electron chi connectivity index (χ0n) is 11.3. The van der Waals surface area contributed by atoms with Gasteiger partial charge in [0, 0.05) is 37.0 Å². The number of methoxy groups -OCH3 is 1. The molecular weight excluding hydrogens is 238 g/mol. The van der Waals surface area contributed by atoms with Gasteiger partial charge in [-0.3, -0.25) is 4.98 Å². The van der Waals surface area contributed by atoms with Crippen molar-refractivity contribution in [1.29, 1.82) is 0 Å². The summed E-state index contributed by atoms with van der Waals surface area (Å²) in [6.45, 7) is 3.85. The Morgan fingerprint density at radius 2 is 2.16 bits per heavy atom. The molecule has 0 bridgehead atoms. The van der Waals surface area contributed by atoms with Crippen molar-refractivity contribution in [3.05, 3.63) is 36.0 Å². The predicted molar refractivity (Wildman–Crippen MR) is 77.6 cm³/mol. The number of fused-ring (bicyclic) bond motifs is 1. The van der Waals surface area contributed by atoms with Crippen LogP contribution in [-0.4, -0.2) is 37.3 Å². The van der Waals surface area contributed by atoms with Crippen molar-refractivity contribution in [3.63, 3.8) is 0 Å². The lowest BCUT2D eigenvalue weighted by Gasteiger charge is -2.21. The van der Waals surface area contributed by atoms with Crippen molar-refractivity contribution < 1.29 is 4.74 Å². The van der Waals surface area contributed by atoms with Crippen LogP contribution in [0.2, 0.25) is 0 Å². The SMILES string of the molecule is CO[C@H]1CNCC1Nc1cc(C)nc2ccccc12. The van der Waals surface area contributed by atoms with Gasteiger partial charge >= 0.3 is 0 Å². The Morgan fingerprint density at radius 1 is 1.32 bits per heavy atom. The molecule has 0 spiro atoms. The summed E-state index contributed by atoms with van der Waals surface area (Å²) in [7, 11) is 1.77. The molecule has 0 saturated carbocycles. The second kappa shape index (κ2) is 5.15. The number of hydrogen-bond donors (Lipinski definition) is 2. The average Bonchev–Trinajstić information content (AvgIpc) is 2.86. The van der Waals surface area contributed by atoms with E-state index in [0.717, 1.165) is 35.4 Å².